The molecule has 1 aliphatic carbocycles. The SMILES string of the molecule is Cc1ncc(-c2nc3c(s2)CCc2sccc2-3)c(N)n1. The van der Waals surface area contributed by atoms with Crippen LogP contribution in [0.4, 0.5) is 5.82 Å². The zero-order valence-electron chi connectivity index (χ0n) is 10.9. The number of aromatic nitrogens is 3. The van der Waals surface area contributed by atoms with Gasteiger partial charge in [-0.2, -0.15) is 0 Å². The van der Waals surface area contributed by atoms with Gasteiger partial charge in [-0.05, 0) is 31.2 Å². The van der Waals surface area contributed by atoms with Gasteiger partial charge in [0.1, 0.15) is 16.6 Å². The van der Waals surface area contributed by atoms with E-state index >= 15 is 0 Å². The number of hydrogen-bond donors (Lipinski definition) is 1. The van der Waals surface area contributed by atoms with Crippen LogP contribution in [0.15, 0.2) is 17.6 Å². The molecule has 0 spiro atoms. The number of aryl methyl sites for hydroxylation is 3. The Bertz CT molecular complexity index is 803. The van der Waals surface area contributed by atoms with E-state index in [1.807, 2.05) is 18.3 Å². The van der Waals surface area contributed by atoms with E-state index in [0.717, 1.165) is 29.1 Å². The van der Waals surface area contributed by atoms with E-state index in [4.69, 9.17) is 10.7 Å². The van der Waals surface area contributed by atoms with E-state index in [0.29, 0.717) is 11.6 Å². The highest BCUT2D eigenvalue weighted by Crippen LogP contribution is 2.41. The molecule has 0 bridgehead atoms. The minimum Gasteiger partial charge on any atom is -0.383 e. The fourth-order valence-corrected chi connectivity index (χ4v) is 4.45. The summed E-state index contributed by atoms with van der Waals surface area (Å²) in [5.74, 6) is 1.20. The largest absolute Gasteiger partial charge is 0.383 e. The lowest BCUT2D eigenvalue weighted by atomic mass is 10.0. The van der Waals surface area contributed by atoms with Crippen molar-refractivity contribution < 1.29 is 0 Å². The smallest absolute Gasteiger partial charge is 0.137 e. The van der Waals surface area contributed by atoms with E-state index in [-0.39, 0.29) is 0 Å². The zero-order valence-corrected chi connectivity index (χ0v) is 12.5. The van der Waals surface area contributed by atoms with Crippen LogP contribution in [0, 0.1) is 6.92 Å². The molecule has 0 fully saturated rings. The molecular weight excluding hydrogens is 288 g/mol. The summed E-state index contributed by atoms with van der Waals surface area (Å²) >= 11 is 3.52. The molecule has 0 atom stereocenters. The van der Waals surface area contributed by atoms with Gasteiger partial charge in [0.2, 0.25) is 0 Å². The maximum absolute atomic E-state index is 6.00. The molecule has 4 nitrogen and oxygen atoms in total. The Labute approximate surface area is 124 Å². The van der Waals surface area contributed by atoms with Gasteiger partial charge in [0.25, 0.3) is 0 Å². The van der Waals surface area contributed by atoms with Crippen LogP contribution in [-0.2, 0) is 12.8 Å². The lowest BCUT2D eigenvalue weighted by molar-refractivity contribution is 0.979. The Balaban J connectivity index is 1.87. The van der Waals surface area contributed by atoms with Crippen LogP contribution < -0.4 is 5.73 Å². The van der Waals surface area contributed by atoms with Gasteiger partial charge in [0.05, 0.1) is 11.3 Å². The Kier molecular flexibility index (Phi) is 2.61. The van der Waals surface area contributed by atoms with E-state index in [1.165, 1.54) is 15.3 Å². The Hall–Kier alpha value is -1.79. The maximum atomic E-state index is 6.00. The molecule has 3 aromatic rings. The molecule has 3 aromatic heterocycles. The summed E-state index contributed by atoms with van der Waals surface area (Å²) in [7, 11) is 0. The first-order valence-corrected chi connectivity index (χ1v) is 8.08. The molecule has 0 amide bonds. The van der Waals surface area contributed by atoms with E-state index < -0.39 is 0 Å². The number of fused-ring (bicyclic) bond motifs is 3. The number of nitrogens with zero attached hydrogens (tertiary/aromatic N) is 3. The molecule has 0 aromatic carbocycles. The highest BCUT2D eigenvalue weighted by atomic mass is 32.1. The Morgan fingerprint density at radius 1 is 1.15 bits per heavy atom. The second kappa shape index (κ2) is 4.36. The maximum Gasteiger partial charge on any atom is 0.137 e. The molecule has 4 rings (SSSR count). The van der Waals surface area contributed by atoms with Crippen molar-refractivity contribution in [1.82, 2.24) is 15.0 Å². The number of hydrogen-bond acceptors (Lipinski definition) is 6. The first-order chi connectivity index (χ1) is 9.72. The topological polar surface area (TPSA) is 64.7 Å². The third-order valence-electron chi connectivity index (χ3n) is 3.45. The number of rotatable bonds is 1. The van der Waals surface area contributed by atoms with E-state index in [9.17, 15) is 0 Å². The van der Waals surface area contributed by atoms with Crippen LogP contribution >= 0.6 is 22.7 Å². The summed E-state index contributed by atoms with van der Waals surface area (Å²) in [6, 6.07) is 2.16. The Morgan fingerprint density at radius 3 is 2.85 bits per heavy atom. The van der Waals surface area contributed by atoms with E-state index in [2.05, 4.69) is 21.4 Å². The van der Waals surface area contributed by atoms with Crippen molar-refractivity contribution in [2.24, 2.45) is 0 Å². The minimum absolute atomic E-state index is 0.508. The fourth-order valence-electron chi connectivity index (χ4n) is 2.47. The standard InChI is InChI=1S/C14H12N4S2/c1-7-16-6-9(13(15)17-7)14-18-12-8-4-5-19-10(8)2-3-11(12)20-14/h4-6H,2-3H2,1H3,(H2,15,16,17). The number of anilines is 1. The summed E-state index contributed by atoms with van der Waals surface area (Å²) in [6.07, 6.45) is 3.95. The van der Waals surface area contributed by atoms with Gasteiger partial charge in [0.15, 0.2) is 0 Å². The monoisotopic (exact) mass is 300 g/mol. The average Bonchev–Trinajstić information content (AvgIpc) is 3.03. The molecule has 0 saturated heterocycles. The third kappa shape index (κ3) is 1.76. The predicted octanol–water partition coefficient (Wildman–Crippen LogP) is 3.32. The second-order valence-electron chi connectivity index (χ2n) is 4.76. The minimum atomic E-state index is 0.508. The molecular formula is C14H12N4S2. The predicted molar refractivity (Wildman–Crippen MR) is 83.0 cm³/mol. The lowest BCUT2D eigenvalue weighted by Gasteiger charge is -2.09. The molecule has 0 aliphatic heterocycles. The van der Waals surface area contributed by atoms with Crippen LogP contribution in [0.25, 0.3) is 21.8 Å². The molecule has 0 saturated carbocycles. The quantitative estimate of drug-likeness (QED) is 0.748. The summed E-state index contributed by atoms with van der Waals surface area (Å²) < 4.78 is 0. The highest BCUT2D eigenvalue weighted by Gasteiger charge is 2.23. The van der Waals surface area contributed by atoms with Gasteiger partial charge >= 0.3 is 0 Å². The first kappa shape index (κ1) is 12.0. The summed E-state index contributed by atoms with van der Waals surface area (Å²) in [5, 5.41) is 3.06. The zero-order chi connectivity index (χ0) is 13.7. The van der Waals surface area contributed by atoms with Gasteiger partial charge in [-0.25, -0.2) is 15.0 Å². The molecule has 100 valence electrons. The van der Waals surface area contributed by atoms with Crippen molar-refractivity contribution >= 4 is 28.5 Å². The van der Waals surface area contributed by atoms with E-state index in [1.54, 1.807) is 17.5 Å². The molecule has 2 N–H and O–H groups in total. The van der Waals surface area contributed by atoms with Crippen molar-refractivity contribution in [2.45, 2.75) is 19.8 Å². The van der Waals surface area contributed by atoms with Crippen molar-refractivity contribution in [3.63, 3.8) is 0 Å². The van der Waals surface area contributed by atoms with Gasteiger partial charge in [0, 0.05) is 21.5 Å². The van der Waals surface area contributed by atoms with Crippen molar-refractivity contribution in [1.29, 1.82) is 0 Å². The summed E-state index contributed by atoms with van der Waals surface area (Å²) in [6.45, 7) is 1.84. The van der Waals surface area contributed by atoms with Gasteiger partial charge in [-0.3, -0.25) is 0 Å². The summed E-state index contributed by atoms with van der Waals surface area (Å²) in [5.41, 5.74) is 9.24. The van der Waals surface area contributed by atoms with Crippen LogP contribution in [0.1, 0.15) is 15.6 Å². The van der Waals surface area contributed by atoms with Crippen molar-refractivity contribution in [3.8, 4) is 21.8 Å². The molecule has 1 aliphatic rings. The van der Waals surface area contributed by atoms with Gasteiger partial charge in [-0.1, -0.05) is 0 Å². The number of thiazole rings is 1. The molecule has 0 radical (unpaired) electrons. The summed E-state index contributed by atoms with van der Waals surface area (Å²) in [4.78, 5) is 16.0. The van der Waals surface area contributed by atoms with Crippen LogP contribution in [0.2, 0.25) is 0 Å². The number of nitrogen functional groups attached to an aromatic ring is 1. The third-order valence-corrected chi connectivity index (χ3v) is 5.58. The first-order valence-electron chi connectivity index (χ1n) is 6.38. The Morgan fingerprint density at radius 2 is 2.00 bits per heavy atom. The molecule has 0 unspecified atom stereocenters. The lowest BCUT2D eigenvalue weighted by Crippen LogP contribution is -1.98. The number of thiophene rings is 1. The second-order valence-corrected chi connectivity index (χ2v) is 6.85. The number of nitrogens with two attached hydrogens (primary N) is 1. The fraction of sp³-hybridized carbons (Fsp3) is 0.214. The normalized spacial score (nSPS) is 13.1. The van der Waals surface area contributed by atoms with Gasteiger partial charge in [-0.15, -0.1) is 22.7 Å². The average molecular weight is 300 g/mol. The molecule has 20 heavy (non-hydrogen) atoms. The molecule has 3 heterocycles. The van der Waals surface area contributed by atoms with Crippen LogP contribution in [-0.4, -0.2) is 15.0 Å². The molecule has 6 heteroatoms. The van der Waals surface area contributed by atoms with Crippen molar-refractivity contribution in [2.75, 3.05) is 5.73 Å². The van der Waals surface area contributed by atoms with Gasteiger partial charge < -0.3 is 5.73 Å². The van der Waals surface area contributed by atoms with Crippen molar-refractivity contribution in [3.05, 3.63) is 33.2 Å². The van der Waals surface area contributed by atoms with Crippen LogP contribution in [0.3, 0.4) is 0 Å². The van der Waals surface area contributed by atoms with Crippen LogP contribution in [0.5, 0.6) is 0 Å². The highest BCUT2D eigenvalue weighted by molar-refractivity contribution is 7.15.